The first kappa shape index (κ1) is 16.0. The monoisotopic (exact) mass is 285 g/mol. The van der Waals surface area contributed by atoms with Gasteiger partial charge in [0.15, 0.2) is 11.5 Å². The van der Waals surface area contributed by atoms with Crippen molar-refractivity contribution in [2.45, 2.75) is 32.2 Å². The van der Waals surface area contributed by atoms with Gasteiger partial charge < -0.3 is 20.6 Å². The van der Waals surface area contributed by atoms with Crippen LogP contribution < -0.4 is 5.32 Å². The number of rotatable bonds is 9. The molecule has 0 aliphatic rings. The van der Waals surface area contributed by atoms with Gasteiger partial charge in [-0.15, -0.1) is 0 Å². The van der Waals surface area contributed by atoms with E-state index in [1.54, 1.807) is 6.07 Å². The van der Waals surface area contributed by atoms with E-state index in [-0.39, 0.29) is 11.5 Å². The highest BCUT2D eigenvalue weighted by atomic mass is 32.2. The van der Waals surface area contributed by atoms with Crippen molar-refractivity contribution >= 4 is 11.8 Å². The third kappa shape index (κ3) is 5.61. The summed E-state index contributed by atoms with van der Waals surface area (Å²) in [5.41, 5.74) is 0.595. The van der Waals surface area contributed by atoms with Gasteiger partial charge in [-0.05, 0) is 37.5 Å². The predicted molar refractivity (Wildman–Crippen MR) is 80.0 cm³/mol. The van der Waals surface area contributed by atoms with E-state index in [1.807, 2.05) is 11.8 Å². The summed E-state index contributed by atoms with van der Waals surface area (Å²) >= 11 is 1.88. The number of benzene rings is 1. The molecule has 19 heavy (non-hydrogen) atoms. The van der Waals surface area contributed by atoms with Gasteiger partial charge in [-0.1, -0.05) is 18.9 Å². The Bertz CT molecular complexity index is 385. The van der Waals surface area contributed by atoms with E-state index in [0.717, 1.165) is 13.0 Å². The summed E-state index contributed by atoms with van der Waals surface area (Å²) in [6.07, 6.45) is 6.97. The van der Waals surface area contributed by atoms with E-state index >= 15 is 0 Å². The maximum atomic E-state index is 9.63. The lowest BCUT2D eigenvalue weighted by Crippen LogP contribution is -2.14. The van der Waals surface area contributed by atoms with Crippen LogP contribution in [-0.2, 0) is 6.54 Å². The van der Waals surface area contributed by atoms with Crippen molar-refractivity contribution in [1.82, 2.24) is 5.32 Å². The third-order valence-electron chi connectivity index (χ3n) is 2.98. The molecule has 4 N–H and O–H groups in total. The summed E-state index contributed by atoms with van der Waals surface area (Å²) in [4.78, 5) is 0. The van der Waals surface area contributed by atoms with Crippen molar-refractivity contribution in [2.75, 3.05) is 18.6 Å². The van der Waals surface area contributed by atoms with E-state index in [9.17, 15) is 15.3 Å². The van der Waals surface area contributed by atoms with Gasteiger partial charge in [0.2, 0.25) is 5.75 Å². The molecule has 0 spiro atoms. The number of phenols is 3. The van der Waals surface area contributed by atoms with Crippen molar-refractivity contribution in [3.05, 3.63) is 17.7 Å². The van der Waals surface area contributed by atoms with Gasteiger partial charge in [-0.25, -0.2) is 0 Å². The summed E-state index contributed by atoms with van der Waals surface area (Å²) in [6, 6.07) is 2.99. The van der Waals surface area contributed by atoms with Gasteiger partial charge in [0.1, 0.15) is 0 Å². The number of nitrogens with one attached hydrogen (secondary N) is 1. The van der Waals surface area contributed by atoms with Gasteiger partial charge >= 0.3 is 0 Å². The highest BCUT2D eigenvalue weighted by molar-refractivity contribution is 7.98. The van der Waals surface area contributed by atoms with Crippen LogP contribution in [-0.4, -0.2) is 33.9 Å². The molecule has 0 radical (unpaired) electrons. The quantitative estimate of drug-likeness (QED) is 0.415. The van der Waals surface area contributed by atoms with Crippen molar-refractivity contribution in [3.8, 4) is 17.2 Å². The number of aromatic hydroxyl groups is 3. The Balaban J connectivity index is 2.18. The van der Waals surface area contributed by atoms with Crippen molar-refractivity contribution in [2.24, 2.45) is 0 Å². The molecule has 1 aromatic rings. The molecule has 0 amide bonds. The predicted octanol–water partition coefficient (Wildman–Crippen LogP) is 2.82. The minimum Gasteiger partial charge on any atom is -0.504 e. The molecule has 0 saturated heterocycles. The highest BCUT2D eigenvalue weighted by Gasteiger charge is 2.10. The second-order valence-electron chi connectivity index (χ2n) is 4.52. The molecular weight excluding hydrogens is 262 g/mol. The Morgan fingerprint density at radius 2 is 1.74 bits per heavy atom. The average molecular weight is 285 g/mol. The van der Waals surface area contributed by atoms with E-state index in [1.165, 1.54) is 31.1 Å². The summed E-state index contributed by atoms with van der Waals surface area (Å²) in [5, 5.41) is 31.4. The largest absolute Gasteiger partial charge is 0.504 e. The zero-order valence-electron chi connectivity index (χ0n) is 11.4. The molecule has 0 fully saturated rings. The van der Waals surface area contributed by atoms with Crippen molar-refractivity contribution in [3.63, 3.8) is 0 Å². The lowest BCUT2D eigenvalue weighted by molar-refractivity contribution is 0.364. The Kier molecular flexibility index (Phi) is 7.52. The Hall–Kier alpha value is -1.07. The van der Waals surface area contributed by atoms with Crippen LogP contribution in [0.1, 0.15) is 31.2 Å². The number of unbranched alkanes of at least 4 members (excludes halogenated alkanes) is 3. The number of phenolic OH excluding ortho intramolecular Hbond substituents is 3. The van der Waals surface area contributed by atoms with E-state index in [4.69, 9.17) is 0 Å². The van der Waals surface area contributed by atoms with Gasteiger partial charge in [0, 0.05) is 12.1 Å². The number of thioether (sulfide) groups is 1. The van der Waals surface area contributed by atoms with Gasteiger partial charge in [-0.2, -0.15) is 11.8 Å². The highest BCUT2D eigenvalue weighted by Crippen LogP contribution is 2.36. The Labute approximate surface area is 118 Å². The maximum Gasteiger partial charge on any atom is 0.200 e. The summed E-state index contributed by atoms with van der Waals surface area (Å²) in [6.45, 7) is 1.38. The maximum absolute atomic E-state index is 9.63. The van der Waals surface area contributed by atoms with Crippen LogP contribution in [0.25, 0.3) is 0 Å². The topological polar surface area (TPSA) is 72.7 Å². The van der Waals surface area contributed by atoms with Gasteiger partial charge in [0.05, 0.1) is 0 Å². The van der Waals surface area contributed by atoms with E-state index in [2.05, 4.69) is 11.6 Å². The summed E-state index contributed by atoms with van der Waals surface area (Å²) in [7, 11) is 0. The van der Waals surface area contributed by atoms with Crippen LogP contribution in [0.3, 0.4) is 0 Å². The Morgan fingerprint density at radius 1 is 1.00 bits per heavy atom. The van der Waals surface area contributed by atoms with Crippen LogP contribution in [0.5, 0.6) is 17.2 Å². The van der Waals surface area contributed by atoms with Gasteiger partial charge in [-0.3, -0.25) is 0 Å². The van der Waals surface area contributed by atoms with Crippen LogP contribution in [0.4, 0.5) is 0 Å². The second kappa shape index (κ2) is 8.93. The summed E-state index contributed by atoms with van der Waals surface area (Å²) in [5.74, 6) is 0.243. The molecule has 0 atom stereocenters. The lowest BCUT2D eigenvalue weighted by atomic mass is 10.1. The first-order valence-corrected chi connectivity index (χ1v) is 7.98. The molecule has 1 rings (SSSR count). The van der Waals surface area contributed by atoms with Crippen molar-refractivity contribution < 1.29 is 15.3 Å². The van der Waals surface area contributed by atoms with Crippen LogP contribution in [0, 0.1) is 0 Å². The summed E-state index contributed by atoms with van der Waals surface area (Å²) < 4.78 is 0. The number of hydrogen-bond donors (Lipinski definition) is 4. The fourth-order valence-corrected chi connectivity index (χ4v) is 2.32. The van der Waals surface area contributed by atoms with Crippen LogP contribution in [0.2, 0.25) is 0 Å². The molecule has 0 aromatic heterocycles. The van der Waals surface area contributed by atoms with Crippen molar-refractivity contribution in [1.29, 1.82) is 0 Å². The fraction of sp³-hybridized carbons (Fsp3) is 0.571. The van der Waals surface area contributed by atoms with Crippen LogP contribution in [0.15, 0.2) is 12.1 Å². The normalized spacial score (nSPS) is 10.8. The molecular formula is C14H23NO3S. The zero-order chi connectivity index (χ0) is 14.1. The van der Waals surface area contributed by atoms with Gasteiger partial charge in [0.25, 0.3) is 0 Å². The molecule has 0 aliphatic heterocycles. The minimum atomic E-state index is -0.448. The molecule has 108 valence electrons. The molecule has 5 heteroatoms. The molecule has 0 aliphatic carbocycles. The van der Waals surface area contributed by atoms with Crippen LogP contribution >= 0.6 is 11.8 Å². The lowest BCUT2D eigenvalue weighted by Gasteiger charge is -2.09. The van der Waals surface area contributed by atoms with E-state index in [0.29, 0.717) is 12.1 Å². The molecule has 0 saturated carbocycles. The smallest absolute Gasteiger partial charge is 0.200 e. The first-order chi connectivity index (χ1) is 9.16. The molecule has 0 bridgehead atoms. The van der Waals surface area contributed by atoms with E-state index < -0.39 is 5.75 Å². The average Bonchev–Trinajstić information content (AvgIpc) is 2.41. The molecule has 0 unspecified atom stereocenters. The zero-order valence-corrected chi connectivity index (χ0v) is 12.2. The molecule has 1 aromatic carbocycles. The number of hydrogen-bond acceptors (Lipinski definition) is 5. The standard InChI is InChI=1S/C14H23NO3S/c1-19-9-5-3-2-4-8-15-10-11-6-7-12(16)14(18)13(11)17/h6-7,15-18H,2-5,8-10H2,1H3. The first-order valence-electron chi connectivity index (χ1n) is 6.59. The molecule has 4 nitrogen and oxygen atoms in total. The minimum absolute atomic E-state index is 0.243. The SMILES string of the molecule is CSCCCCCCNCc1ccc(O)c(O)c1O. The molecule has 0 heterocycles. The Morgan fingerprint density at radius 3 is 2.47 bits per heavy atom. The second-order valence-corrected chi connectivity index (χ2v) is 5.51. The third-order valence-corrected chi connectivity index (χ3v) is 3.68. The fourth-order valence-electron chi connectivity index (χ4n) is 1.83.